The number of halogens is 1. The minimum absolute atomic E-state index is 0.0411. The first-order chi connectivity index (χ1) is 12.8. The maximum Gasteiger partial charge on any atom is 0.274 e. The van der Waals surface area contributed by atoms with Gasteiger partial charge in [-0.15, -0.1) is 0 Å². The summed E-state index contributed by atoms with van der Waals surface area (Å²) in [6.07, 6.45) is 2.28. The van der Waals surface area contributed by atoms with E-state index in [9.17, 15) is 22.7 Å². The Morgan fingerprint density at radius 1 is 1.26 bits per heavy atom. The molecule has 0 saturated heterocycles. The Balaban J connectivity index is 1.96. The number of hydrogen-bond acceptors (Lipinski definition) is 6. The number of nitrogens with one attached hydrogen (secondary N) is 1. The van der Waals surface area contributed by atoms with Gasteiger partial charge in [0.15, 0.2) is 27.0 Å². The molecular weight excluding hydrogens is 375 g/mol. The molecule has 0 bridgehead atoms. The van der Waals surface area contributed by atoms with Crippen molar-refractivity contribution in [2.24, 2.45) is 0 Å². The van der Waals surface area contributed by atoms with Crippen molar-refractivity contribution in [1.82, 2.24) is 10.3 Å². The van der Waals surface area contributed by atoms with Gasteiger partial charge in [-0.1, -0.05) is 12.1 Å². The molecule has 1 amide bonds. The van der Waals surface area contributed by atoms with Crippen molar-refractivity contribution in [3.05, 3.63) is 65.8 Å². The number of amides is 1. The quantitative estimate of drug-likeness (QED) is 0.693. The van der Waals surface area contributed by atoms with Crippen LogP contribution in [-0.2, 0) is 16.4 Å². The summed E-state index contributed by atoms with van der Waals surface area (Å²) < 4.78 is 42.1. The van der Waals surface area contributed by atoms with E-state index in [0.717, 1.165) is 12.3 Å². The third-order valence-electron chi connectivity index (χ3n) is 3.71. The predicted molar refractivity (Wildman–Crippen MR) is 94.3 cm³/mol. The molecule has 0 radical (unpaired) electrons. The van der Waals surface area contributed by atoms with E-state index in [1.807, 2.05) is 0 Å². The zero-order valence-corrected chi connectivity index (χ0v) is 15.0. The Morgan fingerprint density at radius 2 is 1.96 bits per heavy atom. The fourth-order valence-corrected chi connectivity index (χ4v) is 3.15. The van der Waals surface area contributed by atoms with Crippen LogP contribution < -0.4 is 5.32 Å². The van der Waals surface area contributed by atoms with Gasteiger partial charge in [0.2, 0.25) is 0 Å². The van der Waals surface area contributed by atoms with Crippen LogP contribution in [0, 0.1) is 5.82 Å². The molecule has 0 fully saturated rings. The highest BCUT2D eigenvalue weighted by Crippen LogP contribution is 2.30. The number of benzene rings is 1. The molecule has 2 N–H and O–H groups in total. The molecule has 0 spiro atoms. The van der Waals surface area contributed by atoms with E-state index >= 15 is 0 Å². The van der Waals surface area contributed by atoms with Crippen molar-refractivity contribution in [3.63, 3.8) is 0 Å². The zero-order chi connectivity index (χ0) is 19.6. The van der Waals surface area contributed by atoms with Crippen molar-refractivity contribution >= 4 is 15.7 Å². The Bertz CT molecular complexity index is 1080. The molecule has 2 heterocycles. The number of pyridine rings is 1. The van der Waals surface area contributed by atoms with Crippen LogP contribution in [0.1, 0.15) is 16.1 Å². The van der Waals surface area contributed by atoms with Gasteiger partial charge < -0.3 is 14.8 Å². The van der Waals surface area contributed by atoms with Gasteiger partial charge in [0.1, 0.15) is 16.4 Å². The Kier molecular flexibility index (Phi) is 4.95. The fourth-order valence-electron chi connectivity index (χ4n) is 2.37. The predicted octanol–water partition coefficient (Wildman–Crippen LogP) is 2.52. The van der Waals surface area contributed by atoms with Gasteiger partial charge in [-0.05, 0) is 35.9 Å². The maximum atomic E-state index is 12.9. The smallest absolute Gasteiger partial charge is 0.274 e. The van der Waals surface area contributed by atoms with Crippen LogP contribution in [0.4, 0.5) is 4.39 Å². The van der Waals surface area contributed by atoms with E-state index in [0.29, 0.717) is 5.56 Å². The summed E-state index contributed by atoms with van der Waals surface area (Å²) in [5.41, 5.74) is 0.256. The van der Waals surface area contributed by atoms with E-state index in [2.05, 4.69) is 10.3 Å². The molecule has 0 aliphatic rings. The largest absolute Gasteiger partial charge is 0.504 e. The maximum absolute atomic E-state index is 12.9. The lowest BCUT2D eigenvalue weighted by molar-refractivity contribution is 0.0942. The Labute approximate surface area is 154 Å². The van der Waals surface area contributed by atoms with Crippen molar-refractivity contribution in [3.8, 4) is 17.2 Å². The molecular formula is C18H15FN2O5S. The number of nitrogens with zero attached hydrogens (tertiary/aromatic N) is 1. The van der Waals surface area contributed by atoms with E-state index in [1.165, 1.54) is 30.5 Å². The highest BCUT2D eigenvalue weighted by Gasteiger charge is 2.24. The summed E-state index contributed by atoms with van der Waals surface area (Å²) in [5, 5.41) is 12.8. The topological polar surface area (TPSA) is 110 Å². The number of furan rings is 1. The number of carbonyl (C=O) groups is 1. The second-order valence-corrected chi connectivity index (χ2v) is 7.75. The molecule has 0 saturated carbocycles. The summed E-state index contributed by atoms with van der Waals surface area (Å²) in [4.78, 5) is 16.1. The summed E-state index contributed by atoms with van der Waals surface area (Å²) in [5.74, 6) is -1.69. The number of rotatable bonds is 5. The average molecular weight is 390 g/mol. The molecule has 0 atom stereocenters. The monoisotopic (exact) mass is 390 g/mol. The SMILES string of the molecule is CS(=O)(=O)c1cc(-c2ccco2)nc(C(=O)NCc2ccc(F)cc2)c1O. The molecule has 3 rings (SSSR count). The molecule has 0 aliphatic heterocycles. The molecule has 9 heteroatoms. The van der Waals surface area contributed by atoms with Crippen molar-refractivity contribution in [2.75, 3.05) is 6.26 Å². The molecule has 0 unspecified atom stereocenters. The van der Waals surface area contributed by atoms with Crippen LogP contribution in [0.2, 0.25) is 0 Å². The minimum Gasteiger partial charge on any atom is -0.504 e. The van der Waals surface area contributed by atoms with Crippen LogP contribution >= 0.6 is 0 Å². The van der Waals surface area contributed by atoms with Gasteiger partial charge >= 0.3 is 0 Å². The number of sulfone groups is 1. The van der Waals surface area contributed by atoms with E-state index in [4.69, 9.17) is 4.42 Å². The van der Waals surface area contributed by atoms with E-state index < -0.39 is 37.9 Å². The first-order valence-corrected chi connectivity index (χ1v) is 9.65. The first kappa shape index (κ1) is 18.6. The number of aromatic nitrogens is 1. The second kappa shape index (κ2) is 7.20. The lowest BCUT2D eigenvalue weighted by atomic mass is 10.2. The Morgan fingerprint density at radius 3 is 2.56 bits per heavy atom. The molecule has 7 nitrogen and oxygen atoms in total. The fraction of sp³-hybridized carbons (Fsp3) is 0.111. The van der Waals surface area contributed by atoms with Crippen LogP contribution in [-0.4, -0.2) is 30.7 Å². The number of hydrogen-bond donors (Lipinski definition) is 2. The summed E-state index contributed by atoms with van der Waals surface area (Å²) in [6.45, 7) is 0.0411. The van der Waals surface area contributed by atoms with Gasteiger partial charge in [0, 0.05) is 12.8 Å². The highest BCUT2D eigenvalue weighted by atomic mass is 32.2. The lowest BCUT2D eigenvalue weighted by Crippen LogP contribution is -2.24. The van der Waals surface area contributed by atoms with Crippen molar-refractivity contribution in [2.45, 2.75) is 11.4 Å². The van der Waals surface area contributed by atoms with Gasteiger partial charge in [-0.3, -0.25) is 4.79 Å². The first-order valence-electron chi connectivity index (χ1n) is 7.76. The summed E-state index contributed by atoms with van der Waals surface area (Å²) in [7, 11) is -3.83. The van der Waals surface area contributed by atoms with Crippen LogP contribution in [0.5, 0.6) is 5.75 Å². The van der Waals surface area contributed by atoms with Gasteiger partial charge in [0.25, 0.3) is 5.91 Å². The zero-order valence-electron chi connectivity index (χ0n) is 14.1. The molecule has 1 aromatic carbocycles. The van der Waals surface area contributed by atoms with Gasteiger partial charge in [0.05, 0.1) is 6.26 Å². The van der Waals surface area contributed by atoms with Gasteiger partial charge in [-0.2, -0.15) is 0 Å². The molecule has 3 aromatic rings. The van der Waals surface area contributed by atoms with E-state index in [-0.39, 0.29) is 18.0 Å². The Hall–Kier alpha value is -3.20. The lowest BCUT2D eigenvalue weighted by Gasteiger charge is -2.11. The van der Waals surface area contributed by atoms with Crippen LogP contribution in [0.25, 0.3) is 11.5 Å². The third kappa shape index (κ3) is 4.14. The summed E-state index contributed by atoms with van der Waals surface area (Å²) >= 11 is 0. The van der Waals surface area contributed by atoms with Gasteiger partial charge in [-0.25, -0.2) is 17.8 Å². The molecule has 0 aliphatic carbocycles. The van der Waals surface area contributed by atoms with Crippen LogP contribution in [0.3, 0.4) is 0 Å². The second-order valence-electron chi connectivity index (χ2n) is 5.76. The standard InChI is InChI=1S/C18H15FN2O5S/c1-27(24,25)15-9-13(14-3-2-8-26-14)21-16(17(15)22)18(23)20-10-11-4-6-12(19)7-5-11/h2-9,22H,10H2,1H3,(H,20,23). The number of aromatic hydroxyl groups is 1. The molecule has 2 aromatic heterocycles. The minimum atomic E-state index is -3.83. The molecule has 27 heavy (non-hydrogen) atoms. The highest BCUT2D eigenvalue weighted by molar-refractivity contribution is 7.90. The van der Waals surface area contributed by atoms with Crippen molar-refractivity contribution in [1.29, 1.82) is 0 Å². The van der Waals surface area contributed by atoms with Crippen molar-refractivity contribution < 1.29 is 27.1 Å². The summed E-state index contributed by atoms with van der Waals surface area (Å²) in [6, 6.07) is 9.74. The third-order valence-corrected chi connectivity index (χ3v) is 4.82. The van der Waals surface area contributed by atoms with E-state index in [1.54, 1.807) is 12.1 Å². The average Bonchev–Trinajstić information content (AvgIpc) is 3.15. The normalized spacial score (nSPS) is 11.3. The number of carbonyl (C=O) groups excluding carboxylic acids is 1. The van der Waals surface area contributed by atoms with Crippen LogP contribution in [0.15, 0.2) is 58.0 Å². The molecule has 140 valence electrons.